The summed E-state index contributed by atoms with van der Waals surface area (Å²) in [5, 5.41) is 2.54. The van der Waals surface area contributed by atoms with Crippen molar-refractivity contribution in [2.45, 2.75) is 37.5 Å². The first-order chi connectivity index (χ1) is 27.2. The molecule has 0 bridgehead atoms. The van der Waals surface area contributed by atoms with Crippen molar-refractivity contribution < 1.29 is 0 Å². The molecular weight excluding hydrogens is 687 g/mol. The van der Waals surface area contributed by atoms with Crippen LogP contribution in [-0.4, -0.2) is 15.0 Å². The first-order valence-electron chi connectivity index (χ1n) is 19.4. The maximum absolute atomic E-state index is 5.09. The van der Waals surface area contributed by atoms with E-state index in [0.717, 1.165) is 22.3 Å². The molecule has 0 aliphatic heterocycles. The molecule has 0 amide bonds. The van der Waals surface area contributed by atoms with Crippen molar-refractivity contribution in [1.29, 1.82) is 0 Å². The minimum Gasteiger partial charge on any atom is -0.208 e. The van der Waals surface area contributed by atoms with Crippen LogP contribution in [0.2, 0.25) is 0 Å². The van der Waals surface area contributed by atoms with Crippen LogP contribution in [0.15, 0.2) is 164 Å². The van der Waals surface area contributed by atoms with Crippen LogP contribution in [0.25, 0.3) is 87.7 Å². The van der Waals surface area contributed by atoms with Gasteiger partial charge in [-0.2, -0.15) is 0 Å². The van der Waals surface area contributed by atoms with Gasteiger partial charge in [0.2, 0.25) is 0 Å². The molecule has 0 atom stereocenters. The lowest BCUT2D eigenvalue weighted by Gasteiger charge is -2.36. The lowest BCUT2D eigenvalue weighted by atomic mass is 9.68. The van der Waals surface area contributed by atoms with Gasteiger partial charge in [0.05, 0.1) is 0 Å². The summed E-state index contributed by atoms with van der Waals surface area (Å²) in [6, 6.07) is 59.1. The van der Waals surface area contributed by atoms with Crippen LogP contribution in [0, 0.1) is 0 Å². The number of hydrogen-bond acceptors (Lipinski definition) is 4. The monoisotopic (exact) mass is 723 g/mol. The molecule has 7 aromatic carbocycles. The van der Waals surface area contributed by atoms with Crippen LogP contribution < -0.4 is 0 Å². The van der Waals surface area contributed by atoms with Gasteiger partial charge in [-0.1, -0.05) is 171 Å². The molecule has 0 radical (unpaired) electrons. The molecular formula is C51H37N3S. The van der Waals surface area contributed by atoms with Gasteiger partial charge in [0.25, 0.3) is 0 Å². The number of nitrogens with zero attached hydrogens (tertiary/aromatic N) is 3. The first-order valence-corrected chi connectivity index (χ1v) is 20.2. The molecule has 0 N–H and O–H groups in total. The van der Waals surface area contributed by atoms with E-state index in [9.17, 15) is 0 Å². The highest BCUT2D eigenvalue weighted by Gasteiger charge is 2.44. The molecule has 11 rings (SSSR count). The number of aromatic nitrogens is 3. The number of hydrogen-bond donors (Lipinski definition) is 0. The van der Waals surface area contributed by atoms with E-state index in [0.29, 0.717) is 17.5 Å². The smallest absolute Gasteiger partial charge is 0.164 e. The molecule has 2 heterocycles. The van der Waals surface area contributed by atoms with Crippen molar-refractivity contribution in [1.82, 2.24) is 15.0 Å². The van der Waals surface area contributed by atoms with Crippen molar-refractivity contribution >= 4 is 31.5 Å². The highest BCUT2D eigenvalue weighted by molar-refractivity contribution is 7.25. The lowest BCUT2D eigenvalue weighted by Crippen LogP contribution is -2.27. The summed E-state index contributed by atoms with van der Waals surface area (Å²) >= 11 is 1.85. The number of rotatable bonds is 5. The quantitative estimate of drug-likeness (QED) is 0.177. The molecule has 262 valence electrons. The van der Waals surface area contributed by atoms with E-state index in [1.807, 2.05) is 35.6 Å². The average molecular weight is 724 g/mol. The molecule has 55 heavy (non-hydrogen) atoms. The average Bonchev–Trinajstić information content (AvgIpc) is 3.76. The molecule has 9 aromatic rings. The Kier molecular flexibility index (Phi) is 7.60. The van der Waals surface area contributed by atoms with E-state index >= 15 is 0 Å². The molecule has 4 heteroatoms. The summed E-state index contributed by atoms with van der Waals surface area (Å²) < 4.78 is 2.52. The number of benzene rings is 7. The third kappa shape index (κ3) is 5.35. The normalized spacial score (nSPS) is 14.3. The van der Waals surface area contributed by atoms with Gasteiger partial charge in [-0.25, -0.2) is 15.0 Å². The summed E-state index contributed by atoms with van der Waals surface area (Å²) in [6.07, 6.45) is 6.43. The van der Waals surface area contributed by atoms with Crippen molar-refractivity contribution in [3.05, 3.63) is 175 Å². The van der Waals surface area contributed by atoms with Gasteiger partial charge in [0.1, 0.15) is 0 Å². The summed E-state index contributed by atoms with van der Waals surface area (Å²) in [5.41, 5.74) is 14.0. The highest BCUT2D eigenvalue weighted by Crippen LogP contribution is 2.58. The summed E-state index contributed by atoms with van der Waals surface area (Å²) in [7, 11) is 0. The largest absolute Gasteiger partial charge is 0.208 e. The Bertz CT molecular complexity index is 2890. The van der Waals surface area contributed by atoms with Gasteiger partial charge in [0.15, 0.2) is 17.5 Å². The molecule has 0 saturated heterocycles. The Morgan fingerprint density at radius 1 is 0.382 bits per heavy atom. The van der Waals surface area contributed by atoms with E-state index in [2.05, 4.69) is 140 Å². The Hall–Kier alpha value is -6.23. The summed E-state index contributed by atoms with van der Waals surface area (Å²) in [5.74, 6) is 2.00. The number of thiophene rings is 1. The highest BCUT2D eigenvalue weighted by atomic mass is 32.1. The predicted molar refractivity (Wildman–Crippen MR) is 229 cm³/mol. The zero-order valence-electron chi connectivity index (χ0n) is 30.4. The fourth-order valence-electron chi connectivity index (χ4n) is 9.32. The Balaban J connectivity index is 0.999. The van der Waals surface area contributed by atoms with E-state index in [1.165, 1.54) is 91.2 Å². The zero-order chi connectivity index (χ0) is 36.3. The third-order valence-corrected chi connectivity index (χ3v) is 13.1. The minimum atomic E-state index is 0.152. The van der Waals surface area contributed by atoms with Crippen LogP contribution in [0.1, 0.15) is 43.2 Å². The van der Waals surface area contributed by atoms with E-state index in [1.54, 1.807) is 0 Å². The fraction of sp³-hybridized carbons (Fsp3) is 0.118. The molecule has 2 aliphatic rings. The van der Waals surface area contributed by atoms with Gasteiger partial charge in [-0.05, 0) is 69.5 Å². The van der Waals surface area contributed by atoms with Gasteiger partial charge in [-0.3, -0.25) is 0 Å². The maximum atomic E-state index is 5.09. The van der Waals surface area contributed by atoms with Crippen LogP contribution in [0.4, 0.5) is 0 Å². The Labute approximate surface area is 325 Å². The number of fused-ring (bicyclic) bond motifs is 8. The van der Waals surface area contributed by atoms with Crippen molar-refractivity contribution in [2.75, 3.05) is 0 Å². The molecule has 1 spiro atoms. The second-order valence-electron chi connectivity index (χ2n) is 15.1. The van der Waals surface area contributed by atoms with Gasteiger partial charge < -0.3 is 0 Å². The van der Waals surface area contributed by atoms with Gasteiger partial charge >= 0.3 is 0 Å². The lowest BCUT2D eigenvalue weighted by molar-refractivity contribution is 0.353. The van der Waals surface area contributed by atoms with Crippen molar-refractivity contribution in [2.24, 2.45) is 0 Å². The SMILES string of the molecule is c1ccc(-c2ccc(-c3nc(-c4ccccc4)nc(-c4ccc5c(c4)sc4cc(-c6cccc7c6-c6ccccc6C76CCCCC6)ccc45)n3)cc2)cc1. The van der Waals surface area contributed by atoms with E-state index < -0.39 is 0 Å². The van der Waals surface area contributed by atoms with Crippen molar-refractivity contribution in [3.63, 3.8) is 0 Å². The van der Waals surface area contributed by atoms with E-state index in [4.69, 9.17) is 15.0 Å². The summed E-state index contributed by atoms with van der Waals surface area (Å²) in [4.78, 5) is 15.1. The second-order valence-corrected chi connectivity index (χ2v) is 16.1. The van der Waals surface area contributed by atoms with E-state index in [-0.39, 0.29) is 5.41 Å². The Morgan fingerprint density at radius 3 is 1.58 bits per heavy atom. The maximum Gasteiger partial charge on any atom is 0.164 e. The second kappa shape index (κ2) is 13.0. The Morgan fingerprint density at radius 2 is 0.873 bits per heavy atom. The molecule has 0 unspecified atom stereocenters. The summed E-state index contributed by atoms with van der Waals surface area (Å²) in [6.45, 7) is 0. The molecule has 2 aromatic heterocycles. The molecule has 2 aliphatic carbocycles. The fourth-order valence-corrected chi connectivity index (χ4v) is 10.5. The zero-order valence-corrected chi connectivity index (χ0v) is 31.2. The molecule has 1 fully saturated rings. The van der Waals surface area contributed by atoms with Crippen LogP contribution in [0.3, 0.4) is 0 Å². The van der Waals surface area contributed by atoms with Gasteiger partial charge in [0, 0.05) is 42.3 Å². The molecule has 3 nitrogen and oxygen atoms in total. The van der Waals surface area contributed by atoms with Crippen LogP contribution >= 0.6 is 11.3 Å². The van der Waals surface area contributed by atoms with Gasteiger partial charge in [-0.15, -0.1) is 11.3 Å². The predicted octanol–water partition coefficient (Wildman–Crippen LogP) is 13.8. The first kappa shape index (κ1) is 32.2. The third-order valence-electron chi connectivity index (χ3n) is 12.0. The minimum absolute atomic E-state index is 0.152. The van der Waals surface area contributed by atoms with Crippen LogP contribution in [0.5, 0.6) is 0 Å². The van der Waals surface area contributed by atoms with Crippen molar-refractivity contribution in [3.8, 4) is 67.5 Å². The molecule has 1 saturated carbocycles. The van der Waals surface area contributed by atoms with Crippen LogP contribution in [-0.2, 0) is 5.41 Å². The topological polar surface area (TPSA) is 38.7 Å². The standard InChI is InChI=1S/C51H37N3S/c1-4-13-33(14-5-1)34-21-23-36(24-22-34)49-52-48(35-15-6-2-7-16-35)53-50(54-49)38-26-28-41-40-27-25-37(31-45(40)55-46(41)32-38)39-18-12-20-44-47(39)42-17-8-9-19-43(42)51(44)29-10-3-11-30-51/h1-2,4-9,12-28,31-32H,3,10-11,29-30H2.